The predicted molar refractivity (Wildman–Crippen MR) is 220 cm³/mol. The lowest BCUT2D eigenvalue weighted by atomic mass is 9.95. The monoisotopic (exact) mass is 698 g/mol. The topological polar surface area (TPSA) is 51.6 Å². The highest BCUT2D eigenvalue weighted by atomic mass is 32.1. The number of thiazole rings is 1. The van der Waals surface area contributed by atoms with Gasteiger partial charge in [-0.2, -0.15) is 0 Å². The normalized spacial score (nSPS) is 11.8. The summed E-state index contributed by atoms with van der Waals surface area (Å²) in [5.41, 5.74) is 5.06. The zero-order valence-electron chi connectivity index (χ0n) is 27.6. The molecule has 0 radical (unpaired) electrons. The van der Waals surface area contributed by atoms with Crippen LogP contribution in [0.5, 0.6) is 0 Å². The van der Waals surface area contributed by atoms with E-state index in [0.29, 0.717) is 17.5 Å². The van der Waals surface area contributed by atoms with E-state index in [2.05, 4.69) is 140 Å². The summed E-state index contributed by atoms with van der Waals surface area (Å²) < 4.78 is 3.58. The van der Waals surface area contributed by atoms with Gasteiger partial charge in [0, 0.05) is 42.4 Å². The number of fused-ring (bicyclic) bond motifs is 10. The highest BCUT2D eigenvalue weighted by Gasteiger charge is 2.22. The minimum Gasteiger partial charge on any atom is -0.236 e. The first-order valence-corrected chi connectivity index (χ1v) is 18.9. The summed E-state index contributed by atoms with van der Waals surface area (Å²) in [6, 6.07) is 55.4. The standard InChI is InChI=1S/C46H26N4S2/c1-3-13-29(14-4-1)43-48-44(33-22-19-27-11-7-8-17-31(27)25-33)50-45(49-43)35-26-32-21-20-28-12-9-10-18-34(28)38(32)40-39-37(51-41(35)40)24-23-36-42(39)52-46(47-36)30-15-5-2-6-16-30/h1-26H. The Hall–Kier alpha value is -6.34. The van der Waals surface area contributed by atoms with Crippen molar-refractivity contribution in [1.82, 2.24) is 19.9 Å². The van der Waals surface area contributed by atoms with E-state index in [4.69, 9.17) is 19.9 Å². The van der Waals surface area contributed by atoms with Gasteiger partial charge in [0.15, 0.2) is 17.5 Å². The van der Waals surface area contributed by atoms with E-state index in [-0.39, 0.29) is 0 Å². The van der Waals surface area contributed by atoms with Crippen molar-refractivity contribution < 1.29 is 0 Å². The maximum absolute atomic E-state index is 5.28. The number of aromatic nitrogens is 4. The summed E-state index contributed by atoms with van der Waals surface area (Å²) in [5.74, 6) is 1.97. The maximum Gasteiger partial charge on any atom is 0.165 e. The SMILES string of the molecule is c1ccc(-c2nc(-c3ccc4ccccc4c3)nc(-c3cc4ccc5ccccc5c4c4c3sc3ccc5nc(-c6ccccc6)sc5c34)n2)cc1. The first kappa shape index (κ1) is 29.4. The highest BCUT2D eigenvalue weighted by Crippen LogP contribution is 2.49. The third-order valence-electron chi connectivity index (χ3n) is 9.90. The van der Waals surface area contributed by atoms with Crippen LogP contribution in [0.4, 0.5) is 0 Å². The summed E-state index contributed by atoms with van der Waals surface area (Å²) in [5, 5.41) is 10.7. The van der Waals surface area contributed by atoms with E-state index in [1.54, 1.807) is 11.3 Å². The minimum absolute atomic E-state index is 0.652. The molecule has 0 amide bonds. The number of nitrogens with zero attached hydrogens (tertiary/aromatic N) is 4. The molecule has 0 aliphatic heterocycles. The van der Waals surface area contributed by atoms with Crippen LogP contribution in [0.2, 0.25) is 0 Å². The summed E-state index contributed by atoms with van der Waals surface area (Å²) in [6.07, 6.45) is 0. The van der Waals surface area contributed by atoms with Crippen LogP contribution >= 0.6 is 22.7 Å². The molecule has 242 valence electrons. The number of benzene rings is 8. The molecule has 4 nitrogen and oxygen atoms in total. The van der Waals surface area contributed by atoms with Crippen LogP contribution in [0.25, 0.3) is 107 Å². The third kappa shape index (κ3) is 4.65. The molecule has 11 rings (SSSR count). The van der Waals surface area contributed by atoms with Gasteiger partial charge in [0.1, 0.15) is 5.01 Å². The lowest BCUT2D eigenvalue weighted by Gasteiger charge is -2.12. The van der Waals surface area contributed by atoms with Gasteiger partial charge in [-0.3, -0.25) is 0 Å². The molecule has 0 bridgehead atoms. The fourth-order valence-electron chi connectivity index (χ4n) is 7.45. The summed E-state index contributed by atoms with van der Waals surface area (Å²) in [7, 11) is 0. The molecule has 0 spiro atoms. The highest BCUT2D eigenvalue weighted by molar-refractivity contribution is 7.28. The number of thiophene rings is 1. The molecule has 0 saturated heterocycles. The van der Waals surface area contributed by atoms with Crippen molar-refractivity contribution in [3.8, 4) is 44.7 Å². The molecule has 0 atom stereocenters. The third-order valence-corrected chi connectivity index (χ3v) is 12.2. The number of hydrogen-bond acceptors (Lipinski definition) is 6. The predicted octanol–water partition coefficient (Wildman–Crippen LogP) is 13.0. The molecule has 0 saturated carbocycles. The van der Waals surface area contributed by atoms with Crippen LogP contribution in [-0.2, 0) is 0 Å². The van der Waals surface area contributed by atoms with Crippen molar-refractivity contribution in [3.63, 3.8) is 0 Å². The first-order chi connectivity index (χ1) is 25.7. The molecule has 0 aliphatic rings. The summed E-state index contributed by atoms with van der Waals surface area (Å²) in [6.45, 7) is 0. The molecule has 52 heavy (non-hydrogen) atoms. The van der Waals surface area contributed by atoms with Crippen LogP contribution in [0.1, 0.15) is 0 Å². The van der Waals surface area contributed by atoms with Crippen molar-refractivity contribution in [1.29, 1.82) is 0 Å². The van der Waals surface area contributed by atoms with E-state index < -0.39 is 0 Å². The van der Waals surface area contributed by atoms with Gasteiger partial charge in [0.05, 0.1) is 10.2 Å². The van der Waals surface area contributed by atoms with E-state index in [9.17, 15) is 0 Å². The van der Waals surface area contributed by atoms with Gasteiger partial charge in [-0.15, -0.1) is 22.7 Å². The Morgan fingerprint density at radius 2 is 1.02 bits per heavy atom. The second-order valence-corrected chi connectivity index (χ2v) is 15.1. The van der Waals surface area contributed by atoms with E-state index in [1.807, 2.05) is 29.5 Å². The van der Waals surface area contributed by atoms with Gasteiger partial charge >= 0.3 is 0 Å². The molecule has 8 aromatic carbocycles. The van der Waals surface area contributed by atoms with Crippen molar-refractivity contribution in [2.75, 3.05) is 0 Å². The van der Waals surface area contributed by atoms with Crippen LogP contribution < -0.4 is 0 Å². The van der Waals surface area contributed by atoms with Gasteiger partial charge in [-0.1, -0.05) is 133 Å². The first-order valence-electron chi connectivity index (χ1n) is 17.2. The molecule has 0 fully saturated rings. The Labute approximate surface area is 306 Å². The summed E-state index contributed by atoms with van der Waals surface area (Å²) >= 11 is 3.58. The van der Waals surface area contributed by atoms with Crippen molar-refractivity contribution in [3.05, 3.63) is 158 Å². The molecule has 3 aromatic heterocycles. The van der Waals surface area contributed by atoms with Crippen molar-refractivity contribution >= 4 is 85.4 Å². The molecular formula is C46H26N4S2. The lowest BCUT2D eigenvalue weighted by molar-refractivity contribution is 1.08. The number of rotatable bonds is 4. The Morgan fingerprint density at radius 1 is 0.365 bits per heavy atom. The van der Waals surface area contributed by atoms with Crippen LogP contribution in [0, 0.1) is 0 Å². The van der Waals surface area contributed by atoms with Crippen molar-refractivity contribution in [2.24, 2.45) is 0 Å². The second-order valence-electron chi connectivity index (χ2n) is 13.0. The van der Waals surface area contributed by atoms with Gasteiger partial charge in [0.2, 0.25) is 0 Å². The maximum atomic E-state index is 5.28. The molecule has 0 aliphatic carbocycles. The van der Waals surface area contributed by atoms with Crippen molar-refractivity contribution in [2.45, 2.75) is 0 Å². The van der Waals surface area contributed by atoms with Gasteiger partial charge in [0.25, 0.3) is 0 Å². The van der Waals surface area contributed by atoms with Crippen LogP contribution in [0.3, 0.4) is 0 Å². The molecule has 6 heteroatoms. The zero-order chi connectivity index (χ0) is 34.2. The average Bonchev–Trinajstić information content (AvgIpc) is 3.83. The Kier molecular flexibility index (Phi) is 6.56. The second kappa shape index (κ2) is 11.6. The molecule has 0 unspecified atom stereocenters. The Bertz CT molecular complexity index is 3180. The lowest BCUT2D eigenvalue weighted by Crippen LogP contribution is -2.00. The quantitative estimate of drug-likeness (QED) is 0.172. The zero-order valence-corrected chi connectivity index (χ0v) is 29.2. The van der Waals surface area contributed by atoms with Gasteiger partial charge < -0.3 is 0 Å². The molecule has 3 heterocycles. The molecule has 0 N–H and O–H groups in total. The fourth-order valence-corrected chi connectivity index (χ4v) is 9.86. The molecular weight excluding hydrogens is 673 g/mol. The number of hydrogen-bond donors (Lipinski definition) is 0. The Balaban J connectivity index is 1.25. The largest absolute Gasteiger partial charge is 0.236 e. The summed E-state index contributed by atoms with van der Waals surface area (Å²) in [4.78, 5) is 20.7. The van der Waals surface area contributed by atoms with E-state index in [1.165, 1.54) is 41.7 Å². The van der Waals surface area contributed by atoms with Crippen LogP contribution in [-0.4, -0.2) is 19.9 Å². The smallest absolute Gasteiger partial charge is 0.165 e. The van der Waals surface area contributed by atoms with E-state index in [0.717, 1.165) is 48.3 Å². The average molecular weight is 699 g/mol. The van der Waals surface area contributed by atoms with Gasteiger partial charge in [-0.05, 0) is 56.6 Å². The Morgan fingerprint density at radius 3 is 1.85 bits per heavy atom. The van der Waals surface area contributed by atoms with Gasteiger partial charge in [-0.25, -0.2) is 19.9 Å². The van der Waals surface area contributed by atoms with E-state index >= 15 is 0 Å². The fraction of sp³-hybridized carbons (Fsp3) is 0. The molecule has 11 aromatic rings. The minimum atomic E-state index is 0.652. The van der Waals surface area contributed by atoms with Crippen LogP contribution in [0.15, 0.2) is 158 Å².